The first-order valence-corrected chi connectivity index (χ1v) is 11.2. The smallest absolute Gasteiger partial charge is 0.261 e. The molecular weight excluding hydrogens is 404 g/mol. The topological polar surface area (TPSA) is 105 Å². The Bertz CT molecular complexity index is 976. The van der Waals surface area contributed by atoms with Gasteiger partial charge >= 0.3 is 0 Å². The Labute approximate surface area is 178 Å². The lowest BCUT2D eigenvalue weighted by molar-refractivity contribution is -0.122. The Hall–Kier alpha value is -2.58. The van der Waals surface area contributed by atoms with Gasteiger partial charge < -0.3 is 15.2 Å². The third-order valence-electron chi connectivity index (χ3n) is 4.48. The van der Waals surface area contributed by atoms with Crippen molar-refractivity contribution >= 4 is 21.6 Å². The number of aliphatic hydroxyl groups excluding tert-OH is 1. The molecule has 2 rings (SSSR count). The molecule has 7 nitrogen and oxygen atoms in total. The lowest BCUT2D eigenvalue weighted by Crippen LogP contribution is -2.46. The number of nitrogens with one attached hydrogen (secondary N) is 2. The molecule has 0 fully saturated rings. The number of benzene rings is 2. The monoisotopic (exact) mass is 434 g/mol. The number of rotatable bonds is 9. The van der Waals surface area contributed by atoms with Crippen molar-refractivity contribution < 1.29 is 23.1 Å². The molecule has 3 N–H and O–H groups in total. The van der Waals surface area contributed by atoms with Gasteiger partial charge in [-0.3, -0.25) is 9.52 Å². The van der Waals surface area contributed by atoms with Crippen LogP contribution >= 0.6 is 0 Å². The molecular formula is C22H30N2O5S. The van der Waals surface area contributed by atoms with Crippen LogP contribution in [0.2, 0.25) is 0 Å². The molecule has 2 aromatic rings. The van der Waals surface area contributed by atoms with E-state index in [2.05, 4.69) is 10.0 Å². The summed E-state index contributed by atoms with van der Waals surface area (Å²) in [7, 11) is -3.77. The van der Waals surface area contributed by atoms with Gasteiger partial charge in [0.2, 0.25) is 5.91 Å². The molecule has 164 valence electrons. The summed E-state index contributed by atoms with van der Waals surface area (Å²) in [6.07, 6.45) is 0.133. The normalized spacial score (nSPS) is 11.8. The SMILES string of the molecule is CCOc1c(C)cc(S(=O)(=O)Nc2ccc(CC(=O)NC(C)(C)CO)cc2)cc1C. The molecule has 0 heterocycles. The second kappa shape index (κ2) is 9.49. The Morgan fingerprint density at radius 3 is 2.17 bits per heavy atom. The van der Waals surface area contributed by atoms with E-state index in [4.69, 9.17) is 4.74 Å². The summed E-state index contributed by atoms with van der Waals surface area (Å²) in [5.74, 6) is 0.478. The average Bonchev–Trinajstić information content (AvgIpc) is 2.65. The predicted octanol–water partition coefficient (Wildman–Crippen LogP) is 2.93. The zero-order chi connectivity index (χ0) is 22.5. The number of hydrogen-bond donors (Lipinski definition) is 3. The van der Waals surface area contributed by atoms with Crippen LogP contribution in [0.15, 0.2) is 41.3 Å². The molecule has 0 bridgehead atoms. The molecule has 0 aromatic heterocycles. The Morgan fingerprint density at radius 1 is 1.10 bits per heavy atom. The van der Waals surface area contributed by atoms with Crippen molar-refractivity contribution in [2.75, 3.05) is 17.9 Å². The van der Waals surface area contributed by atoms with Crippen LogP contribution in [0.1, 0.15) is 37.5 Å². The molecule has 2 aromatic carbocycles. The Morgan fingerprint density at radius 2 is 1.67 bits per heavy atom. The van der Waals surface area contributed by atoms with Crippen LogP contribution in [0, 0.1) is 13.8 Å². The maximum absolute atomic E-state index is 12.8. The molecule has 1 amide bonds. The molecule has 8 heteroatoms. The summed E-state index contributed by atoms with van der Waals surface area (Å²) in [5.41, 5.74) is 1.95. The Balaban J connectivity index is 2.12. The molecule has 0 atom stereocenters. The zero-order valence-corrected chi connectivity index (χ0v) is 18.9. The summed E-state index contributed by atoms with van der Waals surface area (Å²) in [6, 6.07) is 9.79. The van der Waals surface area contributed by atoms with Crippen LogP contribution in [0.4, 0.5) is 5.69 Å². The van der Waals surface area contributed by atoms with Gasteiger partial charge in [0.15, 0.2) is 0 Å². The highest BCUT2D eigenvalue weighted by atomic mass is 32.2. The van der Waals surface area contributed by atoms with Gasteiger partial charge in [-0.2, -0.15) is 0 Å². The summed E-state index contributed by atoms with van der Waals surface area (Å²) < 4.78 is 33.7. The first-order chi connectivity index (χ1) is 14.0. The fourth-order valence-electron chi connectivity index (χ4n) is 2.99. The van der Waals surface area contributed by atoms with Crippen LogP contribution in [-0.4, -0.2) is 38.2 Å². The number of aliphatic hydroxyl groups is 1. The number of anilines is 1. The quantitative estimate of drug-likeness (QED) is 0.563. The molecule has 0 aliphatic heterocycles. The minimum absolute atomic E-state index is 0.133. The van der Waals surface area contributed by atoms with Crippen LogP contribution in [0.5, 0.6) is 5.75 Å². The maximum atomic E-state index is 12.8. The maximum Gasteiger partial charge on any atom is 0.261 e. The Kier molecular flexibility index (Phi) is 7.49. The number of carbonyl (C=O) groups excluding carboxylic acids is 1. The van der Waals surface area contributed by atoms with Gasteiger partial charge in [0.05, 0.1) is 30.1 Å². The van der Waals surface area contributed by atoms with E-state index in [0.29, 0.717) is 18.0 Å². The van der Waals surface area contributed by atoms with Crippen LogP contribution in [0.3, 0.4) is 0 Å². The second-order valence-corrected chi connectivity index (χ2v) is 9.57. The van der Waals surface area contributed by atoms with E-state index >= 15 is 0 Å². The first-order valence-electron chi connectivity index (χ1n) is 9.75. The largest absolute Gasteiger partial charge is 0.493 e. The zero-order valence-electron chi connectivity index (χ0n) is 18.1. The number of ether oxygens (including phenoxy) is 1. The molecule has 0 saturated carbocycles. The molecule has 0 aliphatic rings. The van der Waals surface area contributed by atoms with Crippen LogP contribution < -0.4 is 14.8 Å². The van der Waals surface area contributed by atoms with Gasteiger partial charge in [0.1, 0.15) is 5.75 Å². The fourth-order valence-corrected chi connectivity index (χ4v) is 4.22. The number of amides is 1. The summed E-state index contributed by atoms with van der Waals surface area (Å²) in [6.45, 7) is 9.31. The van der Waals surface area contributed by atoms with Crippen molar-refractivity contribution in [1.82, 2.24) is 5.32 Å². The van der Waals surface area contributed by atoms with Crippen LogP contribution in [-0.2, 0) is 21.2 Å². The molecule has 30 heavy (non-hydrogen) atoms. The number of hydrogen-bond acceptors (Lipinski definition) is 5. The van der Waals surface area contributed by atoms with Crippen LogP contribution in [0.25, 0.3) is 0 Å². The van der Waals surface area contributed by atoms with E-state index in [1.54, 1.807) is 50.2 Å². The van der Waals surface area contributed by atoms with Crippen molar-refractivity contribution in [3.05, 3.63) is 53.1 Å². The van der Waals surface area contributed by atoms with Gasteiger partial charge in [0.25, 0.3) is 10.0 Å². The van der Waals surface area contributed by atoms with E-state index in [1.807, 2.05) is 20.8 Å². The molecule has 0 unspecified atom stereocenters. The number of carbonyl (C=O) groups is 1. The third kappa shape index (κ3) is 6.21. The second-order valence-electron chi connectivity index (χ2n) is 7.89. The van der Waals surface area contributed by atoms with E-state index in [0.717, 1.165) is 16.7 Å². The summed E-state index contributed by atoms with van der Waals surface area (Å²) in [5, 5.41) is 12.0. The van der Waals surface area contributed by atoms with Crippen molar-refractivity contribution in [3.8, 4) is 5.75 Å². The highest BCUT2D eigenvalue weighted by molar-refractivity contribution is 7.92. The highest BCUT2D eigenvalue weighted by Crippen LogP contribution is 2.28. The van der Waals surface area contributed by atoms with E-state index in [9.17, 15) is 18.3 Å². The lowest BCUT2D eigenvalue weighted by Gasteiger charge is -2.23. The highest BCUT2D eigenvalue weighted by Gasteiger charge is 2.20. The molecule has 0 aliphatic carbocycles. The first kappa shape index (κ1) is 23.7. The van der Waals surface area contributed by atoms with Crippen molar-refractivity contribution in [2.24, 2.45) is 0 Å². The van der Waals surface area contributed by atoms with Gasteiger partial charge in [-0.15, -0.1) is 0 Å². The summed E-state index contributed by atoms with van der Waals surface area (Å²) >= 11 is 0. The minimum Gasteiger partial charge on any atom is -0.493 e. The van der Waals surface area contributed by atoms with E-state index in [1.165, 1.54) is 0 Å². The third-order valence-corrected chi connectivity index (χ3v) is 5.84. The predicted molar refractivity (Wildman–Crippen MR) is 117 cm³/mol. The lowest BCUT2D eigenvalue weighted by atomic mass is 10.1. The number of sulfonamides is 1. The minimum atomic E-state index is -3.77. The van der Waals surface area contributed by atoms with Crippen molar-refractivity contribution in [3.63, 3.8) is 0 Å². The number of aryl methyl sites for hydroxylation is 2. The molecule has 0 spiro atoms. The summed E-state index contributed by atoms with van der Waals surface area (Å²) in [4.78, 5) is 12.2. The van der Waals surface area contributed by atoms with Gasteiger partial charge in [0, 0.05) is 5.69 Å². The fraction of sp³-hybridized carbons (Fsp3) is 0.409. The van der Waals surface area contributed by atoms with E-state index < -0.39 is 15.6 Å². The van der Waals surface area contributed by atoms with E-state index in [-0.39, 0.29) is 23.8 Å². The van der Waals surface area contributed by atoms with Gasteiger partial charge in [-0.05, 0) is 75.6 Å². The van der Waals surface area contributed by atoms with Crippen molar-refractivity contribution in [1.29, 1.82) is 0 Å². The van der Waals surface area contributed by atoms with Gasteiger partial charge in [-0.25, -0.2) is 8.42 Å². The molecule has 0 saturated heterocycles. The standard InChI is InChI=1S/C22H30N2O5S/c1-6-29-21-15(2)11-19(12-16(21)3)30(27,28)24-18-9-7-17(8-10-18)13-20(26)23-22(4,5)14-25/h7-12,24-25H,6,13-14H2,1-5H3,(H,23,26). The molecule has 0 radical (unpaired) electrons. The van der Waals surface area contributed by atoms with Gasteiger partial charge in [-0.1, -0.05) is 12.1 Å². The van der Waals surface area contributed by atoms with Crippen molar-refractivity contribution in [2.45, 2.75) is 51.5 Å². The average molecular weight is 435 g/mol.